The van der Waals surface area contributed by atoms with Gasteiger partial charge in [-0.3, -0.25) is 16.2 Å². The third-order valence-corrected chi connectivity index (χ3v) is 4.11. The fourth-order valence-electron chi connectivity index (χ4n) is 3.33. The average Bonchev–Trinajstić information content (AvgIpc) is 2.78. The van der Waals surface area contributed by atoms with Gasteiger partial charge in [0.25, 0.3) is 0 Å². The maximum Gasteiger partial charge on any atom is 0.0429 e. The van der Waals surface area contributed by atoms with Gasteiger partial charge >= 0.3 is 0 Å². The number of hydrazine groups is 1. The van der Waals surface area contributed by atoms with E-state index in [1.54, 1.807) is 0 Å². The Hall–Kier alpha value is -0.380. The van der Waals surface area contributed by atoms with Gasteiger partial charge in [-0.05, 0) is 32.4 Å². The van der Waals surface area contributed by atoms with Gasteiger partial charge in [-0.25, -0.2) is 0 Å². The molecule has 1 fully saturated rings. The van der Waals surface area contributed by atoms with Crippen molar-refractivity contribution in [3.05, 3.63) is 12.7 Å². The number of hydrogen-bond acceptors (Lipinski definition) is 3. The van der Waals surface area contributed by atoms with Crippen LogP contribution in [0.5, 0.6) is 0 Å². The summed E-state index contributed by atoms with van der Waals surface area (Å²) in [6.45, 7) is 10.5. The molecule has 0 spiro atoms. The summed E-state index contributed by atoms with van der Waals surface area (Å²) in [5, 5.41) is 0. The minimum Gasteiger partial charge on any atom is -0.297 e. The summed E-state index contributed by atoms with van der Waals surface area (Å²) in [4.78, 5) is 2.58. The predicted octanol–water partition coefficient (Wildman–Crippen LogP) is 2.05. The Bertz CT molecular complexity index is 205. The van der Waals surface area contributed by atoms with Crippen LogP contribution in [0.15, 0.2) is 12.7 Å². The van der Waals surface area contributed by atoms with Crippen LogP contribution in [0.3, 0.4) is 0 Å². The third-order valence-electron chi connectivity index (χ3n) is 4.11. The summed E-state index contributed by atoms with van der Waals surface area (Å²) in [6.07, 6.45) is 8.10. The summed E-state index contributed by atoms with van der Waals surface area (Å²) < 4.78 is 0. The lowest BCUT2D eigenvalue weighted by molar-refractivity contribution is 0.0640. The van der Waals surface area contributed by atoms with Gasteiger partial charge in [-0.15, -0.1) is 6.58 Å². The molecule has 1 unspecified atom stereocenters. The van der Waals surface area contributed by atoms with Gasteiger partial charge in [0.1, 0.15) is 0 Å². The minimum absolute atomic E-state index is 0.256. The fraction of sp³-hybridized carbons (Fsp3) is 0.846. The lowest BCUT2D eigenvalue weighted by Gasteiger charge is -2.45. The molecule has 1 atom stereocenters. The number of nitrogens with zero attached hydrogens (tertiary/aromatic N) is 1. The number of nitrogens with two attached hydrogens (primary N) is 1. The summed E-state index contributed by atoms with van der Waals surface area (Å²) in [7, 11) is 0. The highest BCUT2D eigenvalue weighted by atomic mass is 15.3. The molecule has 0 aliphatic heterocycles. The van der Waals surface area contributed by atoms with Crippen molar-refractivity contribution in [2.24, 2.45) is 5.84 Å². The third kappa shape index (κ3) is 2.47. The number of nitrogens with one attached hydrogen (secondary N) is 1. The van der Waals surface area contributed by atoms with Gasteiger partial charge in [0, 0.05) is 11.6 Å². The number of rotatable bonds is 7. The first-order chi connectivity index (χ1) is 7.75. The Balaban J connectivity index is 2.88. The summed E-state index contributed by atoms with van der Waals surface area (Å²) in [5.41, 5.74) is 3.28. The number of likely N-dealkylation sites (N-methyl/N-ethyl adjacent to an activating group) is 1. The average molecular weight is 225 g/mol. The van der Waals surface area contributed by atoms with Crippen molar-refractivity contribution in [2.45, 2.75) is 57.5 Å². The van der Waals surface area contributed by atoms with Gasteiger partial charge in [-0.1, -0.05) is 32.8 Å². The lowest BCUT2D eigenvalue weighted by Crippen LogP contribution is -2.61. The Kier molecular flexibility index (Phi) is 5.46. The van der Waals surface area contributed by atoms with Gasteiger partial charge in [0.2, 0.25) is 0 Å². The first-order valence-electron chi connectivity index (χ1n) is 6.57. The lowest BCUT2D eigenvalue weighted by atomic mass is 9.84. The molecule has 3 heteroatoms. The monoisotopic (exact) mass is 225 g/mol. The quantitative estimate of drug-likeness (QED) is 0.396. The van der Waals surface area contributed by atoms with E-state index < -0.39 is 0 Å². The molecule has 3 N–H and O–H groups in total. The van der Waals surface area contributed by atoms with Crippen LogP contribution in [0, 0.1) is 0 Å². The van der Waals surface area contributed by atoms with Crippen LogP contribution in [0.4, 0.5) is 0 Å². The molecule has 1 aliphatic rings. The largest absolute Gasteiger partial charge is 0.297 e. The zero-order chi connectivity index (χ0) is 12.0. The van der Waals surface area contributed by atoms with Crippen LogP contribution in [0.2, 0.25) is 0 Å². The van der Waals surface area contributed by atoms with E-state index in [1.807, 2.05) is 6.08 Å². The topological polar surface area (TPSA) is 41.3 Å². The van der Waals surface area contributed by atoms with E-state index in [2.05, 4.69) is 30.8 Å². The maximum absolute atomic E-state index is 5.75. The Morgan fingerprint density at radius 2 is 1.94 bits per heavy atom. The van der Waals surface area contributed by atoms with Gasteiger partial charge < -0.3 is 0 Å². The highest BCUT2D eigenvalue weighted by Crippen LogP contribution is 2.38. The molecule has 1 rings (SSSR count). The van der Waals surface area contributed by atoms with E-state index in [4.69, 9.17) is 5.84 Å². The molecule has 0 bridgehead atoms. The van der Waals surface area contributed by atoms with Crippen LogP contribution in [0.1, 0.15) is 46.0 Å². The Morgan fingerprint density at radius 3 is 2.31 bits per heavy atom. The van der Waals surface area contributed by atoms with E-state index in [-0.39, 0.29) is 5.54 Å². The van der Waals surface area contributed by atoms with Crippen molar-refractivity contribution < 1.29 is 0 Å². The summed E-state index contributed by atoms with van der Waals surface area (Å²) in [6, 6.07) is 0.340. The van der Waals surface area contributed by atoms with Crippen LogP contribution >= 0.6 is 0 Å². The molecule has 0 saturated heterocycles. The molecule has 0 aromatic carbocycles. The molecule has 1 aliphatic carbocycles. The van der Waals surface area contributed by atoms with Gasteiger partial charge in [-0.2, -0.15) is 0 Å². The second kappa shape index (κ2) is 6.38. The SMILES string of the molecule is C=CCC(NN)C1(N(CC)CC)CCCC1. The fourth-order valence-corrected chi connectivity index (χ4v) is 3.33. The van der Waals surface area contributed by atoms with E-state index in [1.165, 1.54) is 25.7 Å². The minimum atomic E-state index is 0.256. The summed E-state index contributed by atoms with van der Waals surface area (Å²) in [5.74, 6) is 5.75. The second-order valence-electron chi connectivity index (χ2n) is 4.73. The molecule has 94 valence electrons. The van der Waals surface area contributed by atoms with Crippen molar-refractivity contribution in [3.63, 3.8) is 0 Å². The molecule has 0 heterocycles. The molecule has 0 amide bonds. The maximum atomic E-state index is 5.75. The highest BCUT2D eigenvalue weighted by molar-refractivity contribution is 5.04. The Morgan fingerprint density at radius 1 is 1.38 bits per heavy atom. The molecular formula is C13H27N3. The van der Waals surface area contributed by atoms with Crippen molar-refractivity contribution in [2.75, 3.05) is 13.1 Å². The first kappa shape index (κ1) is 13.7. The normalized spacial score (nSPS) is 21.2. The zero-order valence-corrected chi connectivity index (χ0v) is 10.8. The molecule has 16 heavy (non-hydrogen) atoms. The van der Waals surface area contributed by atoms with E-state index in [0.29, 0.717) is 6.04 Å². The van der Waals surface area contributed by atoms with Crippen LogP contribution in [-0.2, 0) is 0 Å². The van der Waals surface area contributed by atoms with Crippen LogP contribution in [-0.4, -0.2) is 29.6 Å². The summed E-state index contributed by atoms with van der Waals surface area (Å²) >= 11 is 0. The van der Waals surface area contributed by atoms with Crippen LogP contribution in [0.25, 0.3) is 0 Å². The standard InChI is InChI=1S/C13H27N3/c1-4-9-12(15-14)13(10-7-8-11-13)16(5-2)6-3/h4,12,15H,1,5-11,14H2,2-3H3. The van der Waals surface area contributed by atoms with Crippen molar-refractivity contribution in [1.29, 1.82) is 0 Å². The smallest absolute Gasteiger partial charge is 0.0429 e. The van der Waals surface area contributed by atoms with Crippen LogP contribution < -0.4 is 11.3 Å². The second-order valence-corrected chi connectivity index (χ2v) is 4.73. The molecule has 0 aromatic heterocycles. The zero-order valence-electron chi connectivity index (χ0n) is 10.8. The van der Waals surface area contributed by atoms with Gasteiger partial charge in [0.05, 0.1) is 0 Å². The molecule has 0 aromatic rings. The number of hydrogen-bond donors (Lipinski definition) is 2. The molecule has 3 nitrogen and oxygen atoms in total. The molecule has 0 radical (unpaired) electrons. The van der Waals surface area contributed by atoms with Crippen molar-refractivity contribution >= 4 is 0 Å². The van der Waals surface area contributed by atoms with E-state index in [9.17, 15) is 0 Å². The van der Waals surface area contributed by atoms with Crippen molar-refractivity contribution in [1.82, 2.24) is 10.3 Å². The van der Waals surface area contributed by atoms with E-state index >= 15 is 0 Å². The molecule has 1 saturated carbocycles. The predicted molar refractivity (Wildman–Crippen MR) is 70.0 cm³/mol. The van der Waals surface area contributed by atoms with Gasteiger partial charge in [0.15, 0.2) is 0 Å². The highest BCUT2D eigenvalue weighted by Gasteiger charge is 2.43. The van der Waals surface area contributed by atoms with Crippen molar-refractivity contribution in [3.8, 4) is 0 Å². The Labute approximate surface area is 100 Å². The molecular weight excluding hydrogens is 198 g/mol. The first-order valence-corrected chi connectivity index (χ1v) is 6.57. The van der Waals surface area contributed by atoms with E-state index in [0.717, 1.165) is 19.5 Å².